The van der Waals surface area contributed by atoms with Crippen LogP contribution >= 0.6 is 27.3 Å². The van der Waals surface area contributed by atoms with E-state index in [1.807, 2.05) is 24.3 Å². The molecule has 1 aromatic carbocycles. The highest BCUT2D eigenvalue weighted by Gasteiger charge is 2.13. The van der Waals surface area contributed by atoms with Crippen LogP contribution in [0.2, 0.25) is 0 Å². The lowest BCUT2D eigenvalue weighted by molar-refractivity contribution is -0.119. The van der Waals surface area contributed by atoms with Crippen LogP contribution in [0.3, 0.4) is 0 Å². The summed E-state index contributed by atoms with van der Waals surface area (Å²) in [5, 5.41) is 2.73. The lowest BCUT2D eigenvalue weighted by Gasteiger charge is -2.27. The summed E-state index contributed by atoms with van der Waals surface area (Å²) in [7, 11) is 0. The van der Waals surface area contributed by atoms with Crippen molar-refractivity contribution < 1.29 is 14.3 Å². The van der Waals surface area contributed by atoms with Crippen molar-refractivity contribution in [1.29, 1.82) is 0 Å². The molecular weight excluding hydrogens is 404 g/mol. The third-order valence-electron chi connectivity index (χ3n) is 3.56. The highest BCUT2D eigenvalue weighted by Crippen LogP contribution is 2.23. The Bertz CT molecular complexity index is 728. The Morgan fingerprint density at radius 2 is 1.88 bits per heavy atom. The Hall–Kier alpha value is -1.86. The molecule has 1 aromatic heterocycles. The van der Waals surface area contributed by atoms with Crippen molar-refractivity contribution in [3.63, 3.8) is 0 Å². The fourth-order valence-electron chi connectivity index (χ4n) is 2.41. The summed E-state index contributed by atoms with van der Waals surface area (Å²) in [5.41, 5.74) is 1.77. The van der Waals surface area contributed by atoms with Gasteiger partial charge in [-0.3, -0.25) is 4.79 Å². The summed E-state index contributed by atoms with van der Waals surface area (Å²) < 4.78 is 5.86. The Morgan fingerprint density at radius 1 is 1.20 bits per heavy atom. The fraction of sp³-hybridized carbons (Fsp3) is 0.333. The Kier molecular flexibility index (Phi) is 7.01. The first-order valence-corrected chi connectivity index (χ1v) is 9.60. The molecule has 5 nitrogen and oxygen atoms in total. The predicted octanol–water partition coefficient (Wildman–Crippen LogP) is 4.54. The molecule has 0 saturated heterocycles. The van der Waals surface area contributed by atoms with E-state index < -0.39 is 5.97 Å². The van der Waals surface area contributed by atoms with Crippen LogP contribution in [0.5, 0.6) is 0 Å². The van der Waals surface area contributed by atoms with Gasteiger partial charge in [-0.05, 0) is 73.1 Å². The zero-order valence-electron chi connectivity index (χ0n) is 14.4. The van der Waals surface area contributed by atoms with E-state index in [2.05, 4.69) is 46.9 Å². The Labute approximate surface area is 160 Å². The molecule has 0 aliphatic heterocycles. The minimum Gasteiger partial charge on any atom is -0.451 e. The largest absolute Gasteiger partial charge is 0.451 e. The number of nitrogens with one attached hydrogen (secondary N) is 1. The van der Waals surface area contributed by atoms with E-state index in [-0.39, 0.29) is 12.5 Å². The maximum atomic E-state index is 11.9. The number of hydrogen-bond acceptors (Lipinski definition) is 5. The smallest absolute Gasteiger partial charge is 0.348 e. The van der Waals surface area contributed by atoms with Crippen LogP contribution in [0.15, 0.2) is 40.2 Å². The van der Waals surface area contributed by atoms with Crippen molar-refractivity contribution in [2.45, 2.75) is 26.8 Å². The van der Waals surface area contributed by atoms with Crippen molar-refractivity contribution >= 4 is 50.5 Å². The van der Waals surface area contributed by atoms with Gasteiger partial charge in [-0.15, -0.1) is 11.3 Å². The summed E-state index contributed by atoms with van der Waals surface area (Å²) in [6.07, 6.45) is 0. The first-order valence-electron chi connectivity index (χ1n) is 7.99. The molecule has 0 spiro atoms. The van der Waals surface area contributed by atoms with Gasteiger partial charge in [-0.25, -0.2) is 4.79 Å². The molecule has 0 fully saturated rings. The van der Waals surface area contributed by atoms with Crippen LogP contribution in [-0.4, -0.2) is 31.1 Å². The van der Waals surface area contributed by atoms with Crippen LogP contribution < -0.4 is 10.2 Å². The number of carbonyl (C=O) groups is 2. The third kappa shape index (κ3) is 5.57. The molecule has 0 bridgehead atoms. The topological polar surface area (TPSA) is 58.6 Å². The molecule has 0 aliphatic rings. The first kappa shape index (κ1) is 19.5. The normalized spacial score (nSPS) is 10.6. The molecule has 0 aliphatic carbocycles. The number of hydrogen-bond donors (Lipinski definition) is 1. The highest BCUT2D eigenvalue weighted by molar-refractivity contribution is 9.11. The molecule has 7 heteroatoms. The standard InChI is InChI=1S/C18H21BrN2O3S/c1-4-21(12(2)3)14-7-5-13(6-8-14)20-17(22)11-24-18(23)15-9-10-16(19)25-15/h5-10,12H,4,11H2,1-3H3,(H,20,22). The summed E-state index contributed by atoms with van der Waals surface area (Å²) in [4.78, 5) is 26.5. The lowest BCUT2D eigenvalue weighted by atomic mass is 10.2. The van der Waals surface area contributed by atoms with Crippen LogP contribution in [0.25, 0.3) is 0 Å². The van der Waals surface area contributed by atoms with Crippen LogP contribution in [0, 0.1) is 0 Å². The highest BCUT2D eigenvalue weighted by atomic mass is 79.9. The summed E-state index contributed by atoms with van der Waals surface area (Å²) in [5.74, 6) is -0.871. The molecule has 0 saturated carbocycles. The van der Waals surface area contributed by atoms with Gasteiger partial charge >= 0.3 is 5.97 Å². The molecule has 0 atom stereocenters. The lowest BCUT2D eigenvalue weighted by Crippen LogP contribution is -2.30. The molecule has 134 valence electrons. The average molecular weight is 425 g/mol. The number of ether oxygens (including phenoxy) is 1. The van der Waals surface area contributed by atoms with E-state index in [0.29, 0.717) is 16.6 Å². The second-order valence-corrected chi connectivity index (χ2v) is 8.12. The predicted molar refractivity (Wildman–Crippen MR) is 106 cm³/mol. The monoisotopic (exact) mass is 424 g/mol. The summed E-state index contributed by atoms with van der Waals surface area (Å²) in [6.45, 7) is 6.98. The molecule has 0 radical (unpaired) electrons. The van der Waals surface area contributed by atoms with E-state index in [0.717, 1.165) is 16.0 Å². The molecule has 0 unspecified atom stereocenters. The summed E-state index contributed by atoms with van der Waals surface area (Å²) in [6, 6.07) is 11.4. The Balaban J connectivity index is 1.87. The number of anilines is 2. The van der Waals surface area contributed by atoms with Gasteiger partial charge in [0.15, 0.2) is 6.61 Å². The van der Waals surface area contributed by atoms with Crippen molar-refractivity contribution in [1.82, 2.24) is 0 Å². The van der Waals surface area contributed by atoms with Gasteiger partial charge in [0.25, 0.3) is 5.91 Å². The Morgan fingerprint density at radius 3 is 2.40 bits per heavy atom. The van der Waals surface area contributed by atoms with Crippen molar-refractivity contribution in [3.05, 3.63) is 45.1 Å². The molecule has 25 heavy (non-hydrogen) atoms. The van der Waals surface area contributed by atoms with E-state index in [1.165, 1.54) is 11.3 Å². The van der Waals surface area contributed by atoms with Gasteiger partial charge < -0.3 is 15.0 Å². The van der Waals surface area contributed by atoms with Gasteiger partial charge in [0.1, 0.15) is 4.88 Å². The SMILES string of the molecule is CCN(c1ccc(NC(=O)COC(=O)c2ccc(Br)s2)cc1)C(C)C. The van der Waals surface area contributed by atoms with Crippen molar-refractivity contribution in [3.8, 4) is 0 Å². The van der Waals surface area contributed by atoms with Crippen molar-refractivity contribution in [2.24, 2.45) is 0 Å². The second kappa shape index (κ2) is 9.01. The van der Waals surface area contributed by atoms with E-state index in [1.54, 1.807) is 12.1 Å². The number of rotatable bonds is 7. The number of carbonyl (C=O) groups excluding carboxylic acids is 2. The van der Waals surface area contributed by atoms with E-state index in [4.69, 9.17) is 4.74 Å². The maximum absolute atomic E-state index is 11.9. The number of amides is 1. The van der Waals surface area contributed by atoms with Gasteiger partial charge in [0, 0.05) is 24.0 Å². The molecule has 1 heterocycles. The minimum absolute atomic E-state index is 0.316. The zero-order chi connectivity index (χ0) is 18.4. The summed E-state index contributed by atoms with van der Waals surface area (Å²) >= 11 is 4.55. The third-order valence-corrected chi connectivity index (χ3v) is 5.16. The van der Waals surface area contributed by atoms with Gasteiger partial charge in [0.2, 0.25) is 0 Å². The number of benzene rings is 1. The minimum atomic E-state index is -0.503. The first-order chi connectivity index (χ1) is 11.9. The fourth-order valence-corrected chi connectivity index (χ4v) is 3.69. The number of halogens is 1. The second-order valence-electron chi connectivity index (χ2n) is 5.65. The zero-order valence-corrected chi connectivity index (χ0v) is 16.8. The molecule has 2 aromatic rings. The molecular formula is C18H21BrN2O3S. The maximum Gasteiger partial charge on any atom is 0.348 e. The number of nitrogens with zero attached hydrogens (tertiary/aromatic N) is 1. The number of esters is 1. The van der Waals surface area contributed by atoms with Gasteiger partial charge in [-0.2, -0.15) is 0 Å². The molecule has 1 amide bonds. The van der Waals surface area contributed by atoms with Crippen LogP contribution in [0.4, 0.5) is 11.4 Å². The molecule has 1 N–H and O–H groups in total. The van der Waals surface area contributed by atoms with Crippen LogP contribution in [0.1, 0.15) is 30.4 Å². The van der Waals surface area contributed by atoms with E-state index >= 15 is 0 Å². The van der Waals surface area contributed by atoms with Gasteiger partial charge in [-0.1, -0.05) is 0 Å². The number of thiophene rings is 1. The average Bonchev–Trinajstić information content (AvgIpc) is 3.01. The van der Waals surface area contributed by atoms with E-state index in [9.17, 15) is 9.59 Å². The molecule has 2 rings (SSSR count). The van der Waals surface area contributed by atoms with Gasteiger partial charge in [0.05, 0.1) is 3.79 Å². The van der Waals surface area contributed by atoms with Crippen LogP contribution in [-0.2, 0) is 9.53 Å². The van der Waals surface area contributed by atoms with Crippen molar-refractivity contribution in [2.75, 3.05) is 23.4 Å². The quantitative estimate of drug-likeness (QED) is 0.662.